The van der Waals surface area contributed by atoms with Gasteiger partial charge in [-0.2, -0.15) is 0 Å². The summed E-state index contributed by atoms with van der Waals surface area (Å²) >= 11 is 1.28. The molecule has 9 heteroatoms. The van der Waals surface area contributed by atoms with Gasteiger partial charge < -0.3 is 14.8 Å². The summed E-state index contributed by atoms with van der Waals surface area (Å²) in [4.78, 5) is 36.6. The fraction of sp³-hybridized carbons (Fsp3) is 0.217. The maximum Gasteiger partial charge on any atom is 0.341 e. The first-order valence-electron chi connectivity index (χ1n) is 9.85. The van der Waals surface area contributed by atoms with Crippen molar-refractivity contribution in [3.63, 3.8) is 0 Å². The average molecular weight is 455 g/mol. The molecule has 0 atom stereocenters. The van der Waals surface area contributed by atoms with Crippen molar-refractivity contribution in [3.8, 4) is 16.9 Å². The number of nitro benzene ring substituents is 1. The minimum absolute atomic E-state index is 0.0246. The van der Waals surface area contributed by atoms with E-state index in [0.29, 0.717) is 21.9 Å². The molecule has 0 spiro atoms. The van der Waals surface area contributed by atoms with Crippen LogP contribution < -0.4 is 10.1 Å². The number of nitro groups is 1. The van der Waals surface area contributed by atoms with Crippen LogP contribution in [-0.4, -0.2) is 30.0 Å². The lowest BCUT2D eigenvalue weighted by atomic mass is 10.0. The van der Waals surface area contributed by atoms with Crippen LogP contribution >= 0.6 is 11.3 Å². The number of rotatable bonds is 8. The average Bonchev–Trinajstić information content (AvgIpc) is 3.08. The monoisotopic (exact) mass is 454 g/mol. The van der Waals surface area contributed by atoms with E-state index >= 15 is 0 Å². The van der Waals surface area contributed by atoms with Gasteiger partial charge in [-0.15, -0.1) is 11.3 Å². The summed E-state index contributed by atoms with van der Waals surface area (Å²) in [5.74, 6) is -0.647. The van der Waals surface area contributed by atoms with E-state index in [-0.39, 0.29) is 18.9 Å². The maximum atomic E-state index is 12.7. The Bertz CT molecular complexity index is 1160. The van der Waals surface area contributed by atoms with Gasteiger partial charge in [0.1, 0.15) is 16.3 Å². The van der Waals surface area contributed by atoms with Gasteiger partial charge in [-0.05, 0) is 38.5 Å². The molecule has 0 saturated carbocycles. The second-order valence-corrected chi connectivity index (χ2v) is 8.09. The molecule has 0 aliphatic carbocycles. The molecule has 0 radical (unpaired) electrons. The first-order valence-corrected chi connectivity index (χ1v) is 10.7. The number of hydrogen-bond acceptors (Lipinski definition) is 7. The van der Waals surface area contributed by atoms with Crippen LogP contribution in [0.4, 0.5) is 10.7 Å². The zero-order valence-electron chi connectivity index (χ0n) is 17.8. The van der Waals surface area contributed by atoms with E-state index in [1.165, 1.54) is 29.5 Å². The lowest BCUT2D eigenvalue weighted by Gasteiger charge is -2.10. The molecule has 0 unspecified atom stereocenters. The standard InChI is InChI=1S/C23H22N2O6S/c1-4-30-23(27)21-20(16-8-6-5-7-9-16)15(3)32-22(21)24-19(26)13-31-17-10-11-18(25(28)29)14(2)12-17/h5-12H,4,13H2,1-3H3,(H,24,26). The third-order valence-corrected chi connectivity index (χ3v) is 5.63. The van der Waals surface area contributed by atoms with E-state index in [2.05, 4.69) is 5.32 Å². The van der Waals surface area contributed by atoms with Crippen molar-refractivity contribution in [2.45, 2.75) is 20.8 Å². The predicted molar refractivity (Wildman–Crippen MR) is 122 cm³/mol. The molecule has 0 aliphatic heterocycles. The minimum atomic E-state index is -0.516. The molecular weight excluding hydrogens is 432 g/mol. The van der Waals surface area contributed by atoms with Gasteiger partial charge in [0.05, 0.1) is 11.5 Å². The van der Waals surface area contributed by atoms with Crippen LogP contribution in [-0.2, 0) is 9.53 Å². The molecule has 0 aliphatic rings. The Morgan fingerprint density at radius 2 is 1.84 bits per heavy atom. The summed E-state index contributed by atoms with van der Waals surface area (Å²) in [6, 6.07) is 13.7. The first kappa shape index (κ1) is 23.0. The van der Waals surface area contributed by atoms with Crippen molar-refractivity contribution in [2.75, 3.05) is 18.5 Å². The van der Waals surface area contributed by atoms with Gasteiger partial charge in [-0.3, -0.25) is 14.9 Å². The Hall–Kier alpha value is -3.72. The summed E-state index contributed by atoms with van der Waals surface area (Å²) < 4.78 is 10.7. The van der Waals surface area contributed by atoms with Crippen molar-refractivity contribution in [1.82, 2.24) is 0 Å². The highest BCUT2D eigenvalue weighted by Crippen LogP contribution is 2.40. The number of carbonyl (C=O) groups excluding carboxylic acids is 2. The molecule has 8 nitrogen and oxygen atoms in total. The number of thiophene rings is 1. The second-order valence-electron chi connectivity index (χ2n) is 6.87. The zero-order chi connectivity index (χ0) is 23.3. The molecule has 3 rings (SSSR count). The van der Waals surface area contributed by atoms with E-state index in [1.54, 1.807) is 13.8 Å². The van der Waals surface area contributed by atoms with Crippen LogP contribution in [0.2, 0.25) is 0 Å². The van der Waals surface area contributed by atoms with Gasteiger partial charge in [0.2, 0.25) is 0 Å². The Morgan fingerprint density at radius 3 is 2.47 bits per heavy atom. The van der Waals surface area contributed by atoms with Crippen LogP contribution in [0.15, 0.2) is 48.5 Å². The SMILES string of the molecule is CCOC(=O)c1c(NC(=O)COc2ccc([N+](=O)[O-])c(C)c2)sc(C)c1-c1ccccc1. The third-order valence-electron chi connectivity index (χ3n) is 4.61. The van der Waals surface area contributed by atoms with Crippen LogP contribution in [0.1, 0.15) is 27.7 Å². The van der Waals surface area contributed by atoms with Crippen LogP contribution in [0, 0.1) is 24.0 Å². The van der Waals surface area contributed by atoms with Gasteiger partial charge in [0.15, 0.2) is 6.61 Å². The van der Waals surface area contributed by atoms with Crippen molar-refractivity contribution in [2.24, 2.45) is 0 Å². The van der Waals surface area contributed by atoms with Gasteiger partial charge in [-0.1, -0.05) is 30.3 Å². The topological polar surface area (TPSA) is 108 Å². The molecule has 3 aromatic rings. The Labute approximate surface area is 188 Å². The van der Waals surface area contributed by atoms with E-state index in [0.717, 1.165) is 16.0 Å². The molecule has 166 valence electrons. The maximum absolute atomic E-state index is 12.7. The lowest BCUT2D eigenvalue weighted by Crippen LogP contribution is -2.21. The molecule has 1 aromatic heterocycles. The molecule has 0 bridgehead atoms. The Balaban J connectivity index is 1.80. The minimum Gasteiger partial charge on any atom is -0.484 e. The number of nitrogens with one attached hydrogen (secondary N) is 1. The molecule has 1 heterocycles. The normalized spacial score (nSPS) is 10.5. The number of benzene rings is 2. The fourth-order valence-electron chi connectivity index (χ4n) is 3.22. The van der Waals surface area contributed by atoms with Crippen LogP contribution in [0.5, 0.6) is 5.75 Å². The summed E-state index contributed by atoms with van der Waals surface area (Å²) in [5, 5.41) is 14.1. The van der Waals surface area contributed by atoms with Crippen molar-refractivity contribution < 1.29 is 24.0 Å². The van der Waals surface area contributed by atoms with E-state index < -0.39 is 16.8 Å². The summed E-state index contributed by atoms with van der Waals surface area (Å²) in [6.07, 6.45) is 0. The quantitative estimate of drug-likeness (QED) is 0.287. The van der Waals surface area contributed by atoms with Crippen molar-refractivity contribution in [1.29, 1.82) is 0 Å². The van der Waals surface area contributed by atoms with Crippen LogP contribution in [0.3, 0.4) is 0 Å². The molecule has 32 heavy (non-hydrogen) atoms. The van der Waals surface area contributed by atoms with Gasteiger partial charge in [0.25, 0.3) is 11.6 Å². The highest BCUT2D eigenvalue weighted by atomic mass is 32.1. The smallest absolute Gasteiger partial charge is 0.341 e. The van der Waals surface area contributed by atoms with Gasteiger partial charge in [0, 0.05) is 22.1 Å². The van der Waals surface area contributed by atoms with Gasteiger partial charge >= 0.3 is 5.97 Å². The number of anilines is 1. The number of ether oxygens (including phenoxy) is 2. The summed E-state index contributed by atoms with van der Waals surface area (Å²) in [5.41, 5.74) is 2.28. The van der Waals surface area contributed by atoms with E-state index in [9.17, 15) is 19.7 Å². The van der Waals surface area contributed by atoms with Crippen LogP contribution in [0.25, 0.3) is 11.1 Å². The molecule has 1 N–H and O–H groups in total. The molecule has 2 aromatic carbocycles. The highest BCUT2D eigenvalue weighted by molar-refractivity contribution is 7.17. The lowest BCUT2D eigenvalue weighted by molar-refractivity contribution is -0.385. The molecular formula is C23H22N2O6S. The largest absolute Gasteiger partial charge is 0.484 e. The second kappa shape index (κ2) is 10.1. The van der Waals surface area contributed by atoms with Crippen molar-refractivity contribution >= 4 is 33.9 Å². The van der Waals surface area contributed by atoms with Gasteiger partial charge in [-0.25, -0.2) is 4.79 Å². The zero-order valence-corrected chi connectivity index (χ0v) is 18.7. The number of amides is 1. The summed E-state index contributed by atoms with van der Waals surface area (Å²) in [6.45, 7) is 5.07. The van der Waals surface area contributed by atoms with Crippen molar-refractivity contribution in [3.05, 3.63) is 74.6 Å². The Kier molecular flexibility index (Phi) is 7.21. The molecule has 0 saturated heterocycles. The molecule has 1 amide bonds. The van der Waals surface area contributed by atoms with E-state index in [1.807, 2.05) is 37.3 Å². The first-order chi connectivity index (χ1) is 15.3. The number of aryl methyl sites for hydroxylation is 2. The fourth-order valence-corrected chi connectivity index (χ4v) is 4.30. The third kappa shape index (κ3) is 5.12. The number of nitrogens with zero attached hydrogens (tertiary/aromatic N) is 1. The molecule has 0 fully saturated rings. The number of carbonyl (C=O) groups is 2. The summed E-state index contributed by atoms with van der Waals surface area (Å²) in [7, 11) is 0. The number of esters is 1. The Morgan fingerprint density at radius 1 is 1.12 bits per heavy atom. The van der Waals surface area contributed by atoms with E-state index in [4.69, 9.17) is 9.47 Å². The predicted octanol–water partition coefficient (Wildman–Crippen LogP) is 5.13. The number of hydrogen-bond donors (Lipinski definition) is 1. The highest BCUT2D eigenvalue weighted by Gasteiger charge is 2.25.